The predicted molar refractivity (Wildman–Crippen MR) is 83.7 cm³/mol. The number of anilines is 2. The highest BCUT2D eigenvalue weighted by molar-refractivity contribution is 5.91. The molecule has 0 aliphatic carbocycles. The van der Waals surface area contributed by atoms with Crippen molar-refractivity contribution in [2.45, 2.75) is 13.0 Å². The summed E-state index contributed by atoms with van der Waals surface area (Å²) in [7, 11) is 0. The van der Waals surface area contributed by atoms with Crippen LogP contribution in [0.5, 0.6) is 0 Å². The Balaban J connectivity index is 1.87. The molecule has 2 heterocycles. The molecular weight excluding hydrogens is 317 g/mol. The second-order valence-corrected chi connectivity index (χ2v) is 5.27. The van der Waals surface area contributed by atoms with Crippen molar-refractivity contribution in [3.05, 3.63) is 46.1 Å². The van der Waals surface area contributed by atoms with E-state index in [0.717, 1.165) is 0 Å². The molecular formula is C15H16FN5O3. The van der Waals surface area contributed by atoms with Crippen molar-refractivity contribution in [1.82, 2.24) is 20.1 Å². The van der Waals surface area contributed by atoms with Crippen LogP contribution in [-0.2, 0) is 6.54 Å². The average molecular weight is 333 g/mol. The molecule has 1 aromatic heterocycles. The number of benzene rings is 1. The van der Waals surface area contributed by atoms with Crippen LogP contribution in [0.3, 0.4) is 0 Å². The van der Waals surface area contributed by atoms with Gasteiger partial charge in [0, 0.05) is 31.9 Å². The molecule has 0 atom stereocenters. The zero-order valence-electron chi connectivity index (χ0n) is 12.8. The Hall–Kier alpha value is -2.81. The summed E-state index contributed by atoms with van der Waals surface area (Å²) in [5.74, 6) is -0.647. The number of amides is 1. The van der Waals surface area contributed by atoms with Crippen LogP contribution in [0.4, 0.5) is 16.0 Å². The van der Waals surface area contributed by atoms with E-state index >= 15 is 0 Å². The van der Waals surface area contributed by atoms with Crippen molar-refractivity contribution >= 4 is 17.5 Å². The molecule has 24 heavy (non-hydrogen) atoms. The van der Waals surface area contributed by atoms with Gasteiger partial charge in [0.2, 0.25) is 11.6 Å². The minimum Gasteiger partial charge on any atom is -0.396 e. The molecule has 3 rings (SSSR count). The molecule has 0 saturated carbocycles. The summed E-state index contributed by atoms with van der Waals surface area (Å²) in [5.41, 5.74) is -0.111. The number of carbonyl (C=O) groups is 1. The monoisotopic (exact) mass is 333 g/mol. The average Bonchev–Trinajstić information content (AvgIpc) is 3.01. The fourth-order valence-electron chi connectivity index (χ4n) is 2.48. The fourth-order valence-corrected chi connectivity index (χ4v) is 2.48. The minimum atomic E-state index is -0.614. The van der Waals surface area contributed by atoms with E-state index in [0.29, 0.717) is 31.1 Å². The number of nitrogens with zero attached hydrogens (tertiary/aromatic N) is 4. The first kappa shape index (κ1) is 16.1. The van der Waals surface area contributed by atoms with Crippen molar-refractivity contribution in [3.63, 3.8) is 0 Å². The topological polar surface area (TPSA) is 100 Å². The third-order valence-electron chi connectivity index (χ3n) is 3.69. The van der Waals surface area contributed by atoms with Gasteiger partial charge in [0.05, 0.1) is 0 Å². The lowest BCUT2D eigenvalue weighted by atomic mass is 10.3. The van der Waals surface area contributed by atoms with Gasteiger partial charge in [0.1, 0.15) is 5.82 Å². The molecule has 0 fully saturated rings. The van der Waals surface area contributed by atoms with Crippen LogP contribution >= 0.6 is 0 Å². The molecule has 0 radical (unpaired) electrons. The summed E-state index contributed by atoms with van der Waals surface area (Å²) in [6, 6.07) is 5.83. The van der Waals surface area contributed by atoms with E-state index in [4.69, 9.17) is 5.11 Å². The van der Waals surface area contributed by atoms with E-state index in [-0.39, 0.29) is 24.7 Å². The Morgan fingerprint density at radius 3 is 2.71 bits per heavy atom. The largest absolute Gasteiger partial charge is 0.396 e. The van der Waals surface area contributed by atoms with Gasteiger partial charge >= 0.3 is 0 Å². The molecule has 0 bridgehead atoms. The lowest BCUT2D eigenvalue weighted by Gasteiger charge is -2.16. The summed E-state index contributed by atoms with van der Waals surface area (Å²) in [4.78, 5) is 26.1. The van der Waals surface area contributed by atoms with Crippen molar-refractivity contribution in [3.8, 4) is 0 Å². The molecule has 1 aromatic carbocycles. The fraction of sp³-hybridized carbons (Fsp3) is 0.333. The highest BCUT2D eigenvalue weighted by atomic mass is 19.1. The third kappa shape index (κ3) is 2.98. The summed E-state index contributed by atoms with van der Waals surface area (Å²) < 4.78 is 14.4. The molecule has 9 heteroatoms. The van der Waals surface area contributed by atoms with E-state index in [1.165, 1.54) is 16.7 Å². The lowest BCUT2D eigenvalue weighted by Crippen LogP contribution is -2.35. The smallest absolute Gasteiger partial charge is 0.286 e. The van der Waals surface area contributed by atoms with Crippen LogP contribution in [0.2, 0.25) is 0 Å². The van der Waals surface area contributed by atoms with Gasteiger partial charge in [-0.05, 0) is 30.7 Å². The third-order valence-corrected chi connectivity index (χ3v) is 3.69. The maximum Gasteiger partial charge on any atom is 0.286 e. The van der Waals surface area contributed by atoms with Crippen LogP contribution in [0.15, 0.2) is 29.1 Å². The van der Waals surface area contributed by atoms with E-state index < -0.39 is 11.5 Å². The number of aromatic nitrogens is 3. The first-order chi connectivity index (χ1) is 11.6. The maximum atomic E-state index is 13.0. The van der Waals surface area contributed by atoms with Gasteiger partial charge in [0.25, 0.3) is 11.5 Å². The Kier molecular flexibility index (Phi) is 4.52. The van der Waals surface area contributed by atoms with Crippen LogP contribution in [0, 0.1) is 5.82 Å². The summed E-state index contributed by atoms with van der Waals surface area (Å²) >= 11 is 0. The van der Waals surface area contributed by atoms with Gasteiger partial charge in [-0.15, -0.1) is 10.2 Å². The number of hydrogen-bond acceptors (Lipinski definition) is 6. The highest BCUT2D eigenvalue weighted by Gasteiger charge is 2.27. The van der Waals surface area contributed by atoms with Gasteiger partial charge in [-0.1, -0.05) is 0 Å². The highest BCUT2D eigenvalue weighted by Crippen LogP contribution is 2.26. The first-order valence-electron chi connectivity index (χ1n) is 7.51. The zero-order valence-corrected chi connectivity index (χ0v) is 12.8. The van der Waals surface area contributed by atoms with Crippen molar-refractivity contribution < 1.29 is 14.3 Å². The molecule has 8 nitrogen and oxygen atoms in total. The molecule has 1 aliphatic heterocycles. The number of rotatable bonds is 5. The maximum absolute atomic E-state index is 13.0. The number of aliphatic hydroxyl groups is 1. The SMILES string of the molecule is O=C(NCCCO)c1nnc2n(c1=O)CCN2c1ccc(F)cc1. The number of carbonyl (C=O) groups excluding carboxylic acids is 1. The van der Waals surface area contributed by atoms with E-state index in [9.17, 15) is 14.0 Å². The molecule has 0 spiro atoms. The number of hydrogen-bond donors (Lipinski definition) is 2. The summed E-state index contributed by atoms with van der Waals surface area (Å²) in [6.45, 7) is 1.03. The van der Waals surface area contributed by atoms with Crippen LogP contribution in [0.25, 0.3) is 0 Å². The minimum absolute atomic E-state index is 0.0538. The standard InChI is InChI=1S/C15H16FN5O3/c16-10-2-4-11(5-3-10)20-7-8-21-14(24)12(18-19-15(20)21)13(23)17-6-1-9-22/h2-5,22H,1,6-9H2,(H,17,23). The molecule has 1 aliphatic rings. The number of nitrogens with one attached hydrogen (secondary N) is 1. The van der Waals surface area contributed by atoms with Gasteiger partial charge in [-0.3, -0.25) is 14.2 Å². The van der Waals surface area contributed by atoms with E-state index in [1.807, 2.05) is 0 Å². The van der Waals surface area contributed by atoms with Crippen molar-refractivity contribution in [1.29, 1.82) is 0 Å². The molecule has 2 N–H and O–H groups in total. The molecule has 1 amide bonds. The van der Waals surface area contributed by atoms with Gasteiger partial charge in [-0.2, -0.15) is 0 Å². The second kappa shape index (κ2) is 6.75. The Bertz CT molecular complexity index is 806. The normalized spacial score (nSPS) is 13.0. The Morgan fingerprint density at radius 1 is 1.25 bits per heavy atom. The lowest BCUT2D eigenvalue weighted by molar-refractivity contribution is 0.0942. The second-order valence-electron chi connectivity index (χ2n) is 5.27. The Labute approximate surface area is 136 Å². The van der Waals surface area contributed by atoms with Gasteiger partial charge < -0.3 is 15.3 Å². The number of aliphatic hydroxyl groups excluding tert-OH is 1. The summed E-state index contributed by atoms with van der Waals surface area (Å²) in [6.07, 6.45) is 0.393. The predicted octanol–water partition coefficient (Wildman–Crippen LogP) is 0.0413. The van der Waals surface area contributed by atoms with Crippen LogP contribution < -0.4 is 15.8 Å². The first-order valence-corrected chi connectivity index (χ1v) is 7.51. The summed E-state index contributed by atoms with van der Waals surface area (Å²) in [5, 5.41) is 19.0. The Morgan fingerprint density at radius 2 is 2.00 bits per heavy atom. The van der Waals surface area contributed by atoms with Crippen LogP contribution in [0.1, 0.15) is 16.9 Å². The number of halogens is 1. The van der Waals surface area contributed by atoms with E-state index in [1.54, 1.807) is 17.0 Å². The quantitative estimate of drug-likeness (QED) is 0.750. The molecule has 0 unspecified atom stereocenters. The molecule has 0 saturated heterocycles. The van der Waals surface area contributed by atoms with Gasteiger partial charge in [-0.25, -0.2) is 4.39 Å². The van der Waals surface area contributed by atoms with E-state index in [2.05, 4.69) is 15.5 Å². The molecule has 126 valence electrons. The molecule has 2 aromatic rings. The van der Waals surface area contributed by atoms with Gasteiger partial charge in [0.15, 0.2) is 0 Å². The van der Waals surface area contributed by atoms with Crippen LogP contribution in [-0.4, -0.2) is 45.5 Å². The number of fused-ring (bicyclic) bond motifs is 1. The van der Waals surface area contributed by atoms with Crippen molar-refractivity contribution in [2.24, 2.45) is 0 Å². The van der Waals surface area contributed by atoms with Crippen molar-refractivity contribution in [2.75, 3.05) is 24.6 Å². The zero-order chi connectivity index (χ0) is 17.1.